The van der Waals surface area contributed by atoms with Crippen molar-refractivity contribution in [2.45, 2.75) is 44.1 Å². The number of rotatable bonds is 5. The maximum atomic E-state index is 12.4. The summed E-state index contributed by atoms with van der Waals surface area (Å²) in [7, 11) is 4.04. The second-order valence-electron chi connectivity index (χ2n) is 8.44. The fraction of sp³-hybridized carbons (Fsp3) is 0.667. The lowest BCUT2D eigenvalue weighted by Crippen LogP contribution is -2.50. The second kappa shape index (κ2) is 7.97. The molecule has 2 fully saturated rings. The van der Waals surface area contributed by atoms with E-state index in [1.165, 1.54) is 0 Å². The Bertz CT molecular complexity index is 585. The summed E-state index contributed by atoms with van der Waals surface area (Å²) in [4.78, 5) is 16.4. The first-order chi connectivity index (χ1) is 12.4. The zero-order chi connectivity index (χ0) is 18.6. The Balaban J connectivity index is 1.45. The number of hydrogen-bond donors (Lipinski definition) is 1. The number of carbonyl (C=O) groups excluding carboxylic acids is 1. The number of hydrogen-bond acceptors (Lipinski definition) is 4. The molecule has 26 heavy (non-hydrogen) atoms. The van der Waals surface area contributed by atoms with E-state index in [0.717, 1.165) is 63.9 Å². The van der Waals surface area contributed by atoms with Gasteiger partial charge in [0, 0.05) is 19.6 Å². The van der Waals surface area contributed by atoms with Crippen molar-refractivity contribution in [3.63, 3.8) is 0 Å². The molecule has 0 aromatic heterocycles. The molecular weight excluding hydrogens is 328 g/mol. The van der Waals surface area contributed by atoms with Crippen LogP contribution in [0.3, 0.4) is 0 Å². The van der Waals surface area contributed by atoms with Crippen LogP contribution in [0.1, 0.15) is 38.5 Å². The van der Waals surface area contributed by atoms with Gasteiger partial charge in [-0.25, -0.2) is 0 Å². The van der Waals surface area contributed by atoms with Gasteiger partial charge >= 0.3 is 0 Å². The third-order valence-corrected chi connectivity index (χ3v) is 6.13. The molecule has 1 spiro atoms. The quantitative estimate of drug-likeness (QED) is 0.877. The highest BCUT2D eigenvalue weighted by atomic mass is 16.5. The van der Waals surface area contributed by atoms with Crippen molar-refractivity contribution < 1.29 is 14.6 Å². The summed E-state index contributed by atoms with van der Waals surface area (Å²) in [6.45, 7) is 2.47. The number of likely N-dealkylation sites (tertiary alicyclic amines) is 1. The molecule has 1 aromatic rings. The minimum atomic E-state index is -0.536. The van der Waals surface area contributed by atoms with Gasteiger partial charge in [-0.15, -0.1) is 0 Å². The Hall–Kier alpha value is -1.59. The Morgan fingerprint density at radius 2 is 1.69 bits per heavy atom. The third kappa shape index (κ3) is 4.77. The van der Waals surface area contributed by atoms with E-state index in [1.54, 1.807) is 0 Å². The van der Waals surface area contributed by atoms with E-state index in [4.69, 9.17) is 4.74 Å². The molecule has 144 valence electrons. The van der Waals surface area contributed by atoms with E-state index in [-0.39, 0.29) is 12.5 Å². The Kier molecular flexibility index (Phi) is 5.88. The summed E-state index contributed by atoms with van der Waals surface area (Å²) in [6.07, 6.45) is 5.97. The summed E-state index contributed by atoms with van der Waals surface area (Å²) in [6, 6.07) is 9.49. The summed E-state index contributed by atoms with van der Waals surface area (Å²) in [5.41, 5.74) is -0.221. The van der Waals surface area contributed by atoms with Crippen LogP contribution in [-0.2, 0) is 4.79 Å². The summed E-state index contributed by atoms with van der Waals surface area (Å²) in [5, 5.41) is 10.8. The highest BCUT2D eigenvalue weighted by Crippen LogP contribution is 2.47. The number of amides is 1. The standard InChI is InChI=1S/C21H32N2O3/c1-22(2)17-21(25)10-8-20(9-11-21)12-14-23(15-13-20)19(24)16-26-18-6-4-3-5-7-18/h3-7,25H,8-17H2,1-2H3. The summed E-state index contributed by atoms with van der Waals surface area (Å²) < 4.78 is 5.59. The molecule has 2 aliphatic rings. The molecule has 5 heteroatoms. The SMILES string of the molecule is CN(C)CC1(O)CCC2(CCN(C(=O)COc3ccccc3)CC2)CC1. The molecule has 1 heterocycles. The summed E-state index contributed by atoms with van der Waals surface area (Å²) in [5.74, 6) is 0.811. The smallest absolute Gasteiger partial charge is 0.260 e. The predicted octanol–water partition coefficient (Wildman–Crippen LogP) is 2.54. The van der Waals surface area contributed by atoms with E-state index in [1.807, 2.05) is 49.3 Å². The van der Waals surface area contributed by atoms with Crippen LogP contribution in [0.15, 0.2) is 30.3 Å². The van der Waals surface area contributed by atoms with E-state index in [9.17, 15) is 9.90 Å². The number of carbonyl (C=O) groups is 1. The van der Waals surface area contributed by atoms with Crippen molar-refractivity contribution in [2.75, 3.05) is 40.3 Å². The van der Waals surface area contributed by atoms with Crippen molar-refractivity contribution in [2.24, 2.45) is 5.41 Å². The normalized spacial score (nSPS) is 21.8. The maximum absolute atomic E-state index is 12.4. The molecule has 3 rings (SSSR count). The van der Waals surface area contributed by atoms with E-state index in [0.29, 0.717) is 5.41 Å². The fourth-order valence-electron chi connectivity index (χ4n) is 4.48. The van der Waals surface area contributed by atoms with E-state index < -0.39 is 5.60 Å². The first-order valence-corrected chi connectivity index (χ1v) is 9.73. The molecule has 1 N–H and O–H groups in total. The van der Waals surface area contributed by atoms with E-state index in [2.05, 4.69) is 4.90 Å². The average molecular weight is 360 g/mol. The monoisotopic (exact) mass is 360 g/mol. The van der Waals surface area contributed by atoms with Gasteiger partial charge < -0.3 is 19.6 Å². The largest absolute Gasteiger partial charge is 0.484 e. The van der Waals surface area contributed by atoms with Crippen LogP contribution in [0.2, 0.25) is 0 Å². The van der Waals surface area contributed by atoms with Gasteiger partial charge in [0.2, 0.25) is 0 Å². The number of piperidine rings is 1. The second-order valence-corrected chi connectivity index (χ2v) is 8.44. The molecule has 0 unspecified atom stereocenters. The Labute approximate surface area is 156 Å². The highest BCUT2D eigenvalue weighted by Gasteiger charge is 2.43. The topological polar surface area (TPSA) is 53.0 Å². The molecule has 1 saturated carbocycles. The molecular formula is C21H32N2O3. The van der Waals surface area contributed by atoms with Gasteiger partial charge in [0.05, 0.1) is 5.60 Å². The van der Waals surface area contributed by atoms with Gasteiger partial charge in [0.25, 0.3) is 5.91 Å². The van der Waals surface area contributed by atoms with Crippen molar-refractivity contribution in [3.05, 3.63) is 30.3 Å². The Morgan fingerprint density at radius 3 is 2.27 bits per heavy atom. The van der Waals surface area contributed by atoms with Gasteiger partial charge in [0.15, 0.2) is 6.61 Å². The van der Waals surface area contributed by atoms with Crippen LogP contribution in [0.25, 0.3) is 0 Å². The number of para-hydroxylation sites is 1. The molecule has 0 bridgehead atoms. The van der Waals surface area contributed by atoms with Crippen molar-refractivity contribution >= 4 is 5.91 Å². The number of ether oxygens (including phenoxy) is 1. The number of nitrogens with zero attached hydrogens (tertiary/aromatic N) is 2. The van der Waals surface area contributed by atoms with Crippen LogP contribution in [-0.4, -0.2) is 66.8 Å². The molecule has 1 aliphatic carbocycles. The predicted molar refractivity (Wildman–Crippen MR) is 102 cm³/mol. The molecule has 5 nitrogen and oxygen atoms in total. The van der Waals surface area contributed by atoms with Crippen LogP contribution in [0, 0.1) is 5.41 Å². The first-order valence-electron chi connectivity index (χ1n) is 9.73. The lowest BCUT2D eigenvalue weighted by molar-refractivity contribution is -0.137. The number of benzene rings is 1. The third-order valence-electron chi connectivity index (χ3n) is 6.13. The van der Waals surface area contributed by atoms with E-state index >= 15 is 0 Å². The van der Waals surface area contributed by atoms with Gasteiger partial charge in [-0.2, -0.15) is 0 Å². The van der Waals surface area contributed by atoms with Crippen molar-refractivity contribution in [1.82, 2.24) is 9.80 Å². The molecule has 0 radical (unpaired) electrons. The minimum absolute atomic E-state index is 0.0728. The zero-order valence-corrected chi connectivity index (χ0v) is 16.1. The molecule has 1 aliphatic heterocycles. The Morgan fingerprint density at radius 1 is 1.08 bits per heavy atom. The molecule has 1 saturated heterocycles. The molecule has 0 atom stereocenters. The van der Waals surface area contributed by atoms with Crippen LogP contribution in [0.5, 0.6) is 5.75 Å². The van der Waals surface area contributed by atoms with Crippen molar-refractivity contribution in [1.29, 1.82) is 0 Å². The number of aliphatic hydroxyl groups is 1. The van der Waals surface area contributed by atoms with Gasteiger partial charge in [-0.1, -0.05) is 18.2 Å². The summed E-state index contributed by atoms with van der Waals surface area (Å²) >= 11 is 0. The maximum Gasteiger partial charge on any atom is 0.260 e. The lowest BCUT2D eigenvalue weighted by atomic mass is 9.64. The van der Waals surface area contributed by atoms with Crippen LogP contribution < -0.4 is 4.74 Å². The van der Waals surface area contributed by atoms with Crippen LogP contribution >= 0.6 is 0 Å². The van der Waals surface area contributed by atoms with Crippen molar-refractivity contribution in [3.8, 4) is 5.75 Å². The fourth-order valence-corrected chi connectivity index (χ4v) is 4.48. The van der Waals surface area contributed by atoms with Gasteiger partial charge in [0.1, 0.15) is 5.75 Å². The first kappa shape index (κ1) is 19.2. The number of likely N-dealkylation sites (N-methyl/N-ethyl adjacent to an activating group) is 1. The van der Waals surface area contributed by atoms with Gasteiger partial charge in [-0.05, 0) is 70.2 Å². The van der Waals surface area contributed by atoms with Crippen LogP contribution in [0.4, 0.5) is 0 Å². The zero-order valence-electron chi connectivity index (χ0n) is 16.1. The molecule has 1 aromatic carbocycles. The van der Waals surface area contributed by atoms with Gasteiger partial charge in [-0.3, -0.25) is 4.79 Å². The minimum Gasteiger partial charge on any atom is -0.484 e. The highest BCUT2D eigenvalue weighted by molar-refractivity contribution is 5.77. The average Bonchev–Trinajstić information content (AvgIpc) is 2.64. The molecule has 1 amide bonds. The lowest BCUT2D eigenvalue weighted by Gasteiger charge is -2.48.